The van der Waals surface area contributed by atoms with Gasteiger partial charge in [-0.3, -0.25) is 0 Å². The minimum Gasteiger partial charge on any atom is -0.353 e. The first-order chi connectivity index (χ1) is 11.8. The Hall–Kier alpha value is -2.70. The van der Waals surface area contributed by atoms with E-state index in [0.29, 0.717) is 32.0 Å². The molecular formula is C18H22FN5O. The topological polar surface area (TPSA) is 84.1 Å². The number of anilines is 1. The van der Waals surface area contributed by atoms with E-state index in [9.17, 15) is 9.18 Å². The van der Waals surface area contributed by atoms with Gasteiger partial charge < -0.3 is 16.0 Å². The highest BCUT2D eigenvalue weighted by Gasteiger charge is 2.23. The van der Waals surface area contributed by atoms with Crippen LogP contribution in [-0.2, 0) is 18.4 Å². The van der Waals surface area contributed by atoms with Crippen LogP contribution in [0.3, 0.4) is 0 Å². The lowest BCUT2D eigenvalue weighted by Crippen LogP contribution is -2.40. The number of nitrogens with zero attached hydrogens (tertiary/aromatic N) is 3. The third kappa shape index (κ3) is 3.87. The maximum Gasteiger partial charge on any atom is 0.315 e. The number of urea groups is 1. The molecule has 0 fully saturated rings. The molecule has 2 aromatic rings. The van der Waals surface area contributed by atoms with Gasteiger partial charge in [-0.05, 0) is 17.7 Å². The predicted molar refractivity (Wildman–Crippen MR) is 93.6 cm³/mol. The molecule has 0 atom stereocenters. The second-order valence-electron chi connectivity index (χ2n) is 6.92. The van der Waals surface area contributed by atoms with Crippen molar-refractivity contribution in [1.29, 1.82) is 0 Å². The number of halogens is 1. The molecule has 3 N–H and O–H groups in total. The Labute approximate surface area is 146 Å². The summed E-state index contributed by atoms with van der Waals surface area (Å²) in [5.41, 5.74) is 8.03. The van der Waals surface area contributed by atoms with Gasteiger partial charge in [-0.15, -0.1) is 0 Å². The number of amides is 2. The minimum absolute atomic E-state index is 0.199. The van der Waals surface area contributed by atoms with E-state index in [1.807, 2.05) is 0 Å². The molecule has 7 heteroatoms. The quantitative estimate of drug-likeness (QED) is 0.893. The first-order valence-corrected chi connectivity index (χ1v) is 8.24. The van der Waals surface area contributed by atoms with Crippen molar-refractivity contribution in [2.24, 2.45) is 5.73 Å². The zero-order chi connectivity index (χ0) is 18.0. The van der Waals surface area contributed by atoms with Crippen molar-refractivity contribution >= 4 is 12.0 Å². The number of hydrogen-bond donors (Lipinski definition) is 2. The van der Waals surface area contributed by atoms with Crippen LogP contribution in [0.2, 0.25) is 0 Å². The van der Waals surface area contributed by atoms with Gasteiger partial charge in [0.15, 0.2) is 0 Å². The molecule has 2 amide bonds. The van der Waals surface area contributed by atoms with E-state index in [4.69, 9.17) is 5.73 Å². The van der Waals surface area contributed by atoms with Crippen LogP contribution in [0.4, 0.5) is 15.1 Å². The summed E-state index contributed by atoms with van der Waals surface area (Å²) >= 11 is 0. The van der Waals surface area contributed by atoms with E-state index in [1.165, 1.54) is 12.1 Å². The number of rotatable bonds is 4. The number of benzene rings is 1. The minimum atomic E-state index is -0.422. The van der Waals surface area contributed by atoms with Crippen molar-refractivity contribution in [2.75, 3.05) is 18.4 Å². The number of fused-ring (bicyclic) bond motifs is 1. The van der Waals surface area contributed by atoms with Crippen molar-refractivity contribution < 1.29 is 9.18 Å². The molecule has 0 saturated carbocycles. The molecule has 0 radical (unpaired) electrons. The number of nitrogens with two attached hydrogens (primary N) is 1. The fourth-order valence-corrected chi connectivity index (χ4v) is 2.89. The molecule has 1 aromatic heterocycles. The van der Waals surface area contributed by atoms with Crippen LogP contribution >= 0.6 is 0 Å². The largest absolute Gasteiger partial charge is 0.353 e. The normalized spacial score (nSPS) is 14.1. The average Bonchev–Trinajstić information content (AvgIpc) is 2.59. The molecule has 1 aliphatic rings. The number of carbonyl (C=O) groups is 1. The van der Waals surface area contributed by atoms with Crippen molar-refractivity contribution in [1.82, 2.24) is 14.9 Å². The molecule has 132 valence electrons. The first-order valence-electron chi connectivity index (χ1n) is 8.24. The lowest BCUT2D eigenvalue weighted by atomic mass is 9.84. The fourth-order valence-electron chi connectivity index (χ4n) is 2.89. The molecule has 0 spiro atoms. The summed E-state index contributed by atoms with van der Waals surface area (Å²) in [6.45, 7) is 5.80. The molecule has 25 heavy (non-hydrogen) atoms. The lowest BCUT2D eigenvalue weighted by Gasteiger charge is -2.28. The summed E-state index contributed by atoms with van der Waals surface area (Å²) in [5.74, 6) is 0.317. The highest BCUT2D eigenvalue weighted by Crippen LogP contribution is 2.24. The molecule has 6 nitrogen and oxygen atoms in total. The van der Waals surface area contributed by atoms with Crippen LogP contribution in [0.25, 0.3) is 0 Å². The van der Waals surface area contributed by atoms with Gasteiger partial charge in [-0.25, -0.2) is 19.2 Å². The Kier molecular flexibility index (Phi) is 4.57. The molecular weight excluding hydrogens is 321 g/mol. The van der Waals surface area contributed by atoms with Gasteiger partial charge in [0.2, 0.25) is 5.95 Å². The number of hydrogen-bond acceptors (Lipinski definition) is 4. The molecule has 0 saturated heterocycles. The third-order valence-corrected chi connectivity index (χ3v) is 4.56. The summed E-state index contributed by atoms with van der Waals surface area (Å²) in [6.07, 6.45) is 2.40. The van der Waals surface area contributed by atoms with Gasteiger partial charge in [-0.2, -0.15) is 0 Å². The van der Waals surface area contributed by atoms with Gasteiger partial charge in [0, 0.05) is 36.7 Å². The van der Waals surface area contributed by atoms with Crippen molar-refractivity contribution in [2.45, 2.75) is 32.2 Å². The fraction of sp³-hybridized carbons (Fsp3) is 0.389. The van der Waals surface area contributed by atoms with E-state index in [1.54, 1.807) is 23.2 Å². The third-order valence-electron chi connectivity index (χ3n) is 4.56. The average molecular weight is 343 g/mol. The summed E-state index contributed by atoms with van der Waals surface area (Å²) in [4.78, 5) is 21.7. The van der Waals surface area contributed by atoms with Gasteiger partial charge in [0.05, 0.1) is 12.2 Å². The van der Waals surface area contributed by atoms with Crippen molar-refractivity contribution in [3.63, 3.8) is 0 Å². The Morgan fingerprint density at radius 3 is 2.76 bits per heavy atom. The summed E-state index contributed by atoms with van der Waals surface area (Å²) in [6, 6.07) is 6.11. The van der Waals surface area contributed by atoms with Gasteiger partial charge in [0.1, 0.15) is 5.82 Å². The van der Waals surface area contributed by atoms with Crippen LogP contribution < -0.4 is 11.1 Å². The van der Waals surface area contributed by atoms with E-state index in [2.05, 4.69) is 29.1 Å². The second kappa shape index (κ2) is 6.66. The van der Waals surface area contributed by atoms with Gasteiger partial charge >= 0.3 is 6.03 Å². The van der Waals surface area contributed by atoms with E-state index >= 15 is 0 Å². The zero-order valence-corrected chi connectivity index (χ0v) is 14.4. The zero-order valence-electron chi connectivity index (χ0n) is 14.4. The molecule has 0 unspecified atom stereocenters. The highest BCUT2D eigenvalue weighted by molar-refractivity contribution is 5.72. The molecule has 3 rings (SSSR count). The van der Waals surface area contributed by atoms with Gasteiger partial charge in [-0.1, -0.05) is 26.0 Å². The Bertz CT molecular complexity index is 776. The Morgan fingerprint density at radius 2 is 2.08 bits per heavy atom. The number of aromatic nitrogens is 2. The number of carbonyl (C=O) groups excluding carboxylic acids is 1. The summed E-state index contributed by atoms with van der Waals surface area (Å²) < 4.78 is 13.1. The van der Waals surface area contributed by atoms with E-state index in [-0.39, 0.29) is 11.2 Å². The van der Waals surface area contributed by atoms with Crippen LogP contribution in [0.15, 0.2) is 30.5 Å². The summed E-state index contributed by atoms with van der Waals surface area (Å²) in [5, 5.41) is 3.26. The summed E-state index contributed by atoms with van der Waals surface area (Å²) in [7, 11) is 0. The van der Waals surface area contributed by atoms with E-state index < -0.39 is 6.03 Å². The SMILES string of the molecule is CC(C)(CNc1ncc2c(n1)CCN(C(N)=O)C2)c1ccc(F)cc1. The van der Waals surface area contributed by atoms with Crippen LogP contribution in [0.1, 0.15) is 30.7 Å². The van der Waals surface area contributed by atoms with Gasteiger partial charge in [0.25, 0.3) is 0 Å². The lowest BCUT2D eigenvalue weighted by molar-refractivity contribution is 0.201. The van der Waals surface area contributed by atoms with E-state index in [0.717, 1.165) is 16.8 Å². The van der Waals surface area contributed by atoms with Crippen molar-refractivity contribution in [3.8, 4) is 0 Å². The van der Waals surface area contributed by atoms with Crippen molar-refractivity contribution in [3.05, 3.63) is 53.1 Å². The highest BCUT2D eigenvalue weighted by atomic mass is 19.1. The molecule has 1 aliphatic heterocycles. The maximum absolute atomic E-state index is 13.1. The monoisotopic (exact) mass is 343 g/mol. The predicted octanol–water partition coefficient (Wildman–Crippen LogP) is 2.44. The standard InChI is InChI=1S/C18H22FN5O/c1-18(2,13-3-5-14(19)6-4-13)11-22-17-21-9-12-10-24(16(20)25)8-7-15(12)23-17/h3-6,9H,7-8,10-11H2,1-2H3,(H2,20,25)(H,21,22,23). The second-order valence-corrected chi connectivity index (χ2v) is 6.92. The van der Waals surface area contributed by atoms with Crippen LogP contribution in [-0.4, -0.2) is 34.0 Å². The molecule has 2 heterocycles. The molecule has 1 aromatic carbocycles. The molecule has 0 bridgehead atoms. The Morgan fingerprint density at radius 1 is 1.36 bits per heavy atom. The smallest absolute Gasteiger partial charge is 0.315 e. The first kappa shape index (κ1) is 17.1. The maximum atomic E-state index is 13.1. The van der Waals surface area contributed by atoms with Crippen LogP contribution in [0, 0.1) is 5.82 Å². The number of nitrogens with one attached hydrogen (secondary N) is 1. The number of primary amides is 1. The van der Waals surface area contributed by atoms with Crippen LogP contribution in [0.5, 0.6) is 0 Å². The Balaban J connectivity index is 1.68. The molecule has 0 aliphatic carbocycles.